The number of allylic oxidation sites excluding steroid dienone is 14. The van der Waals surface area contributed by atoms with E-state index in [0.29, 0.717) is 19.3 Å². The largest absolute Gasteiger partial charge is 0.462 e. The standard InChI is InChI=1S/C48H78O12S/c1-3-5-7-9-11-13-15-17-18-19-20-21-22-23-25-26-28-30-32-34-36-43(49)57-38-41(39-58-48-47(53)46(52)45(51)42(60-48)40-61(54,55)56)59-44(50)37-35-33-31-29-27-24-16-14-12-10-8-6-4-2/h6,8,10,12-18,24,27,29,31,41-42,45-48,51-53H,3-5,7,9,11,19-23,25-26,28,30,32-40H2,1-2H3,(H,54,55,56)/b8-6+,12-10+,15-13+,16-14+,18-17+,27-24+,31-29+/t41?,42-,45-,46?,47?,48+/m1/s1. The lowest BCUT2D eigenvalue weighted by atomic mass is 10.00. The highest BCUT2D eigenvalue weighted by molar-refractivity contribution is 7.85. The lowest BCUT2D eigenvalue weighted by molar-refractivity contribution is -0.297. The van der Waals surface area contributed by atoms with Crippen molar-refractivity contribution in [3.8, 4) is 0 Å². The second-order valence-corrected chi connectivity index (χ2v) is 17.0. The molecule has 6 atom stereocenters. The van der Waals surface area contributed by atoms with Crippen LogP contribution in [-0.2, 0) is 38.7 Å². The van der Waals surface area contributed by atoms with Gasteiger partial charge in [0.05, 0.1) is 6.61 Å². The number of esters is 2. The molecule has 3 unspecified atom stereocenters. The zero-order valence-corrected chi connectivity index (χ0v) is 37.8. The Morgan fingerprint density at radius 2 is 1.05 bits per heavy atom. The summed E-state index contributed by atoms with van der Waals surface area (Å²) in [4.78, 5) is 25.4. The first-order valence-corrected chi connectivity index (χ1v) is 24.3. The van der Waals surface area contributed by atoms with Gasteiger partial charge in [-0.1, -0.05) is 170 Å². The molecule has 13 heteroatoms. The van der Waals surface area contributed by atoms with Crippen LogP contribution in [0.3, 0.4) is 0 Å². The SMILES string of the molecule is CC/C=C/C=C/C=C/C=C/C=C/CCCC(=O)OC(COC(=O)CCCCCCCCCCCC/C=C/C=C/CCCCCC)CO[C@H]1O[C@H](CS(=O)(=O)O)[C@@H](O)C(O)C1O. The van der Waals surface area contributed by atoms with E-state index < -0.39 is 71.2 Å². The Morgan fingerprint density at radius 3 is 1.61 bits per heavy atom. The Hall–Kier alpha value is -3.17. The lowest BCUT2D eigenvalue weighted by Gasteiger charge is -2.40. The molecule has 0 aromatic heterocycles. The highest BCUT2D eigenvalue weighted by Crippen LogP contribution is 2.24. The Labute approximate surface area is 367 Å². The lowest BCUT2D eigenvalue weighted by Crippen LogP contribution is -2.60. The number of hydrogen-bond acceptors (Lipinski definition) is 11. The van der Waals surface area contributed by atoms with Gasteiger partial charge >= 0.3 is 11.9 Å². The van der Waals surface area contributed by atoms with E-state index in [1.165, 1.54) is 70.6 Å². The third-order valence-electron chi connectivity index (χ3n) is 9.86. The molecule has 1 aliphatic heterocycles. The van der Waals surface area contributed by atoms with Crippen molar-refractivity contribution in [1.29, 1.82) is 0 Å². The van der Waals surface area contributed by atoms with Crippen molar-refractivity contribution in [3.05, 3.63) is 85.1 Å². The van der Waals surface area contributed by atoms with Gasteiger partial charge in [0.25, 0.3) is 10.1 Å². The van der Waals surface area contributed by atoms with Gasteiger partial charge in [-0.05, 0) is 51.4 Å². The Balaban J connectivity index is 2.46. The molecule has 0 amide bonds. The van der Waals surface area contributed by atoms with Crippen molar-refractivity contribution >= 4 is 22.1 Å². The molecular formula is C48H78O12S. The average Bonchev–Trinajstić information content (AvgIpc) is 3.22. The smallest absolute Gasteiger partial charge is 0.306 e. The quantitative estimate of drug-likeness (QED) is 0.0203. The predicted octanol–water partition coefficient (Wildman–Crippen LogP) is 9.28. The van der Waals surface area contributed by atoms with E-state index in [4.69, 9.17) is 18.9 Å². The van der Waals surface area contributed by atoms with Gasteiger partial charge in [-0.15, -0.1) is 0 Å². The van der Waals surface area contributed by atoms with Gasteiger partial charge < -0.3 is 34.3 Å². The minimum absolute atomic E-state index is 0.0629. The molecule has 0 aromatic rings. The van der Waals surface area contributed by atoms with Crippen LogP contribution in [0.1, 0.15) is 149 Å². The molecule has 1 saturated heterocycles. The van der Waals surface area contributed by atoms with Crippen molar-refractivity contribution in [2.75, 3.05) is 19.0 Å². The second-order valence-electron chi connectivity index (χ2n) is 15.5. The summed E-state index contributed by atoms with van der Waals surface area (Å²) in [7, 11) is -4.62. The van der Waals surface area contributed by atoms with Gasteiger partial charge in [0.15, 0.2) is 12.4 Å². The first kappa shape index (κ1) is 55.8. The molecule has 0 aliphatic carbocycles. The van der Waals surface area contributed by atoms with Gasteiger partial charge in [-0.3, -0.25) is 14.1 Å². The minimum Gasteiger partial charge on any atom is -0.462 e. The highest BCUT2D eigenvalue weighted by atomic mass is 32.2. The van der Waals surface area contributed by atoms with Gasteiger partial charge in [0.1, 0.15) is 36.8 Å². The molecule has 0 radical (unpaired) electrons. The molecule has 1 heterocycles. The number of hydrogen-bond donors (Lipinski definition) is 4. The zero-order valence-electron chi connectivity index (χ0n) is 37.0. The fourth-order valence-corrected chi connectivity index (χ4v) is 7.03. The molecule has 61 heavy (non-hydrogen) atoms. The molecular weight excluding hydrogens is 801 g/mol. The summed E-state index contributed by atoms with van der Waals surface area (Å²) < 4.78 is 53.9. The van der Waals surface area contributed by atoms with Crippen LogP contribution in [0.15, 0.2) is 85.1 Å². The summed E-state index contributed by atoms with van der Waals surface area (Å²) in [5.41, 5.74) is 0. The number of rotatable bonds is 36. The maximum Gasteiger partial charge on any atom is 0.306 e. The zero-order chi connectivity index (χ0) is 44.8. The van der Waals surface area contributed by atoms with Gasteiger partial charge in [0.2, 0.25) is 0 Å². The summed E-state index contributed by atoms with van der Waals surface area (Å²) in [6, 6.07) is 0. The van der Waals surface area contributed by atoms with Crippen LogP contribution in [0.4, 0.5) is 0 Å². The van der Waals surface area contributed by atoms with Crippen LogP contribution in [0.25, 0.3) is 0 Å². The summed E-state index contributed by atoms with van der Waals surface area (Å²) in [6.07, 6.45) is 39.3. The summed E-state index contributed by atoms with van der Waals surface area (Å²) in [5, 5.41) is 30.9. The number of ether oxygens (including phenoxy) is 4. The second kappa shape index (κ2) is 37.4. The minimum atomic E-state index is -4.62. The topological polar surface area (TPSA) is 186 Å². The van der Waals surface area contributed by atoms with Crippen molar-refractivity contribution < 1.29 is 56.8 Å². The summed E-state index contributed by atoms with van der Waals surface area (Å²) >= 11 is 0. The average molecular weight is 879 g/mol. The van der Waals surface area contributed by atoms with Crippen LogP contribution in [0, 0.1) is 0 Å². The Bertz CT molecular complexity index is 1450. The maximum absolute atomic E-state index is 12.8. The van der Waals surface area contributed by atoms with Gasteiger partial charge in [-0.2, -0.15) is 8.42 Å². The van der Waals surface area contributed by atoms with Crippen LogP contribution < -0.4 is 0 Å². The van der Waals surface area contributed by atoms with E-state index in [0.717, 1.165) is 32.1 Å². The van der Waals surface area contributed by atoms with Crippen LogP contribution in [0.5, 0.6) is 0 Å². The molecule has 348 valence electrons. The van der Waals surface area contributed by atoms with Crippen molar-refractivity contribution in [2.45, 2.75) is 185 Å². The van der Waals surface area contributed by atoms with Crippen LogP contribution >= 0.6 is 0 Å². The Kier molecular flexibility index (Phi) is 34.2. The Morgan fingerprint density at radius 1 is 0.574 bits per heavy atom. The highest BCUT2D eigenvalue weighted by Gasteiger charge is 2.46. The molecule has 0 aromatic carbocycles. The van der Waals surface area contributed by atoms with Crippen LogP contribution in [-0.4, -0.2) is 96.0 Å². The maximum atomic E-state index is 12.8. The number of unbranched alkanes of at least 4 members (excludes halogenated alkanes) is 15. The molecule has 1 aliphatic rings. The number of carbonyl (C=O) groups excluding carboxylic acids is 2. The van der Waals surface area contributed by atoms with E-state index in [-0.39, 0.29) is 19.4 Å². The fraction of sp³-hybridized carbons (Fsp3) is 0.667. The number of carbonyl (C=O) groups is 2. The van der Waals surface area contributed by atoms with E-state index >= 15 is 0 Å². The third-order valence-corrected chi connectivity index (χ3v) is 10.6. The normalized spacial score (nSPS) is 20.8. The fourth-order valence-electron chi connectivity index (χ4n) is 6.34. The van der Waals surface area contributed by atoms with Crippen molar-refractivity contribution in [3.63, 3.8) is 0 Å². The molecule has 0 saturated carbocycles. The van der Waals surface area contributed by atoms with E-state index in [2.05, 4.69) is 44.2 Å². The molecule has 1 fully saturated rings. The first-order chi connectivity index (χ1) is 29.5. The van der Waals surface area contributed by atoms with Gasteiger partial charge in [-0.25, -0.2) is 0 Å². The molecule has 4 N–H and O–H groups in total. The number of aliphatic hydroxyl groups excluding tert-OH is 3. The molecule has 0 bridgehead atoms. The van der Waals surface area contributed by atoms with E-state index in [1.54, 1.807) is 0 Å². The monoisotopic (exact) mass is 879 g/mol. The van der Waals surface area contributed by atoms with E-state index in [9.17, 15) is 37.9 Å². The summed E-state index contributed by atoms with van der Waals surface area (Å²) in [5.74, 6) is -2.10. The molecule has 12 nitrogen and oxygen atoms in total. The van der Waals surface area contributed by atoms with Gasteiger partial charge in [0, 0.05) is 12.8 Å². The number of aliphatic hydroxyl groups is 3. The first-order valence-electron chi connectivity index (χ1n) is 22.7. The van der Waals surface area contributed by atoms with Crippen LogP contribution in [0.2, 0.25) is 0 Å². The van der Waals surface area contributed by atoms with Crippen molar-refractivity contribution in [1.82, 2.24) is 0 Å². The molecule has 1 rings (SSSR count). The van der Waals surface area contributed by atoms with E-state index in [1.807, 2.05) is 54.7 Å². The molecule has 0 spiro atoms. The van der Waals surface area contributed by atoms with Crippen molar-refractivity contribution in [2.24, 2.45) is 0 Å². The predicted molar refractivity (Wildman–Crippen MR) is 242 cm³/mol. The summed E-state index contributed by atoms with van der Waals surface area (Å²) in [6.45, 7) is 3.52. The third kappa shape index (κ3) is 32.2.